The number of nitrogens with zero attached hydrogens (tertiary/aromatic N) is 4. The molecule has 1 aliphatic carbocycles. The van der Waals surface area contributed by atoms with Gasteiger partial charge in [0, 0.05) is 42.0 Å². The Bertz CT molecular complexity index is 1690. The fraction of sp³-hybridized carbons (Fsp3) is 0.379. The Balaban J connectivity index is 1.12. The van der Waals surface area contributed by atoms with Crippen LogP contribution in [0.25, 0.3) is 22.4 Å². The molecule has 0 unspecified atom stereocenters. The topological polar surface area (TPSA) is 156 Å². The number of aromatic nitrogens is 5. The lowest BCUT2D eigenvalue weighted by atomic mass is 9.91. The van der Waals surface area contributed by atoms with Crippen molar-refractivity contribution < 1.29 is 41.0 Å². The zero-order valence-electron chi connectivity index (χ0n) is 24.2. The summed E-state index contributed by atoms with van der Waals surface area (Å²) in [5.41, 5.74) is 1.47. The van der Waals surface area contributed by atoms with Gasteiger partial charge in [-0.25, -0.2) is 28.5 Å². The Morgan fingerprint density at radius 2 is 1.89 bits per heavy atom. The number of carbonyl (C=O) groups is 2. The minimum atomic E-state index is -4.45. The summed E-state index contributed by atoms with van der Waals surface area (Å²) in [5, 5.41) is 8.78. The maximum Gasteiger partial charge on any atom is 0.411 e. The van der Waals surface area contributed by atoms with Gasteiger partial charge in [0.15, 0.2) is 17.5 Å². The van der Waals surface area contributed by atoms with Crippen molar-refractivity contribution in [2.24, 2.45) is 0 Å². The predicted octanol–water partition coefficient (Wildman–Crippen LogP) is 4.65. The average Bonchev–Trinajstić information content (AvgIpc) is 3.44. The van der Waals surface area contributed by atoms with Crippen molar-refractivity contribution in [3.63, 3.8) is 0 Å². The van der Waals surface area contributed by atoms with E-state index in [1.807, 2.05) is 0 Å². The molecule has 0 saturated heterocycles. The number of fused-ring (bicyclic) bond motifs is 1. The molecule has 46 heavy (non-hydrogen) atoms. The highest BCUT2D eigenvalue weighted by Gasteiger charge is 2.27. The van der Waals surface area contributed by atoms with Gasteiger partial charge in [0.25, 0.3) is 5.91 Å². The molecule has 1 saturated carbocycles. The molecule has 4 aromatic rings. The van der Waals surface area contributed by atoms with E-state index in [-0.39, 0.29) is 49.2 Å². The van der Waals surface area contributed by atoms with Crippen LogP contribution in [-0.4, -0.2) is 74.9 Å². The van der Waals surface area contributed by atoms with Crippen LogP contribution in [0.2, 0.25) is 0 Å². The number of alkyl halides is 3. The van der Waals surface area contributed by atoms with Crippen LogP contribution >= 0.6 is 0 Å². The standard InChI is InChI=1S/C29H29F5N8O4/c30-17-9-20-21(12-38-24(20)37-11-17)25-39-13-22(31)26(42-25)40-18-2-1-3-19(10-18)41-27(43)23-8-16(4-5-35-23)14-46-28(44)36-6-7-45-15-29(32,33)34/h4-5,8-9,11-13,18-19H,1-3,6-7,10,14-15H2,(H,36,44)(H,37,38)(H,41,43)(H,39,40,42)/t18-,19+/m0/s1. The molecule has 1 aliphatic rings. The van der Waals surface area contributed by atoms with Crippen molar-refractivity contribution >= 4 is 28.9 Å². The first kappa shape index (κ1) is 32.5. The summed E-state index contributed by atoms with van der Waals surface area (Å²) < 4.78 is 74.2. The van der Waals surface area contributed by atoms with E-state index in [9.17, 15) is 31.5 Å². The number of aromatic amines is 1. The monoisotopic (exact) mass is 648 g/mol. The number of pyridine rings is 2. The second kappa shape index (κ2) is 14.4. The quantitative estimate of drug-likeness (QED) is 0.134. The number of anilines is 1. The smallest absolute Gasteiger partial charge is 0.411 e. The number of hydrogen-bond acceptors (Lipinski definition) is 9. The highest BCUT2D eigenvalue weighted by Crippen LogP contribution is 2.28. The lowest BCUT2D eigenvalue weighted by molar-refractivity contribution is -0.173. The number of halogens is 5. The number of carbonyl (C=O) groups excluding carboxylic acids is 2. The largest absolute Gasteiger partial charge is 0.445 e. The van der Waals surface area contributed by atoms with Crippen molar-refractivity contribution in [3.8, 4) is 11.4 Å². The molecule has 4 aromatic heterocycles. The zero-order chi connectivity index (χ0) is 32.7. The molecule has 12 nitrogen and oxygen atoms in total. The van der Waals surface area contributed by atoms with E-state index in [4.69, 9.17) is 4.74 Å². The number of ether oxygens (including phenoxy) is 2. The summed E-state index contributed by atoms with van der Waals surface area (Å²) in [6.07, 6.45) is 2.37. The van der Waals surface area contributed by atoms with Crippen LogP contribution in [0.1, 0.15) is 41.7 Å². The van der Waals surface area contributed by atoms with Crippen molar-refractivity contribution in [1.82, 2.24) is 35.6 Å². The Labute approximate surface area is 258 Å². The molecule has 0 aliphatic heterocycles. The van der Waals surface area contributed by atoms with Gasteiger partial charge in [-0.2, -0.15) is 13.2 Å². The maximum atomic E-state index is 14.7. The van der Waals surface area contributed by atoms with Gasteiger partial charge < -0.3 is 30.4 Å². The fourth-order valence-corrected chi connectivity index (χ4v) is 4.97. The first-order valence-corrected chi connectivity index (χ1v) is 14.3. The molecule has 4 N–H and O–H groups in total. The number of amides is 2. The Hall–Kier alpha value is -4.93. The number of hydrogen-bond donors (Lipinski definition) is 4. The van der Waals surface area contributed by atoms with Gasteiger partial charge in [0.05, 0.1) is 19.0 Å². The second-order valence-electron chi connectivity index (χ2n) is 10.5. The SMILES string of the molecule is O=C(NCCOCC(F)(F)F)OCc1ccnc(C(=O)N[C@@H]2CCC[C@H](Nc3nc(-c4c[nH]c5ncc(F)cc45)ncc3F)C2)c1. The first-order chi connectivity index (χ1) is 22.0. The van der Waals surface area contributed by atoms with E-state index in [2.05, 4.69) is 45.6 Å². The number of rotatable bonds is 11. The van der Waals surface area contributed by atoms with Gasteiger partial charge >= 0.3 is 12.3 Å². The van der Waals surface area contributed by atoms with Crippen LogP contribution in [0.15, 0.2) is 43.0 Å². The lowest BCUT2D eigenvalue weighted by Crippen LogP contribution is -2.42. The number of H-pyrrole nitrogens is 1. The average molecular weight is 649 g/mol. The Morgan fingerprint density at radius 1 is 1.07 bits per heavy atom. The van der Waals surface area contributed by atoms with Crippen LogP contribution in [0, 0.1) is 11.6 Å². The summed E-state index contributed by atoms with van der Waals surface area (Å²) in [6.45, 7) is -2.14. The van der Waals surface area contributed by atoms with Gasteiger partial charge in [0.1, 0.15) is 30.4 Å². The maximum absolute atomic E-state index is 14.7. The highest BCUT2D eigenvalue weighted by molar-refractivity contribution is 5.93. The highest BCUT2D eigenvalue weighted by atomic mass is 19.4. The van der Waals surface area contributed by atoms with Crippen molar-refractivity contribution in [2.75, 3.05) is 25.1 Å². The summed E-state index contributed by atoms with van der Waals surface area (Å²) in [5.74, 6) is -1.48. The van der Waals surface area contributed by atoms with Crippen LogP contribution in [0.5, 0.6) is 0 Å². The molecule has 0 bridgehead atoms. The molecule has 4 heterocycles. The van der Waals surface area contributed by atoms with Crippen LogP contribution in [0.4, 0.5) is 32.6 Å². The van der Waals surface area contributed by atoms with E-state index < -0.39 is 36.4 Å². The van der Waals surface area contributed by atoms with E-state index >= 15 is 0 Å². The molecule has 1 fully saturated rings. The van der Waals surface area contributed by atoms with Crippen molar-refractivity contribution in [3.05, 3.63) is 65.9 Å². The van der Waals surface area contributed by atoms with E-state index in [1.165, 1.54) is 18.3 Å². The molecule has 2 atom stereocenters. The molecular weight excluding hydrogens is 619 g/mol. The Morgan fingerprint density at radius 3 is 2.72 bits per heavy atom. The molecule has 2 amide bonds. The van der Waals surface area contributed by atoms with Gasteiger partial charge in [-0.1, -0.05) is 0 Å². The van der Waals surface area contributed by atoms with Crippen molar-refractivity contribution in [1.29, 1.82) is 0 Å². The number of alkyl carbamates (subject to hydrolysis) is 1. The van der Waals surface area contributed by atoms with E-state index in [0.29, 0.717) is 41.4 Å². The Kier molecular flexibility index (Phi) is 10.2. The molecule has 0 radical (unpaired) electrons. The van der Waals surface area contributed by atoms with Crippen LogP contribution in [-0.2, 0) is 16.1 Å². The summed E-state index contributed by atoms with van der Waals surface area (Å²) in [6, 6.07) is 3.83. The van der Waals surface area contributed by atoms with E-state index in [0.717, 1.165) is 18.8 Å². The molecule has 0 spiro atoms. The normalized spacial score (nSPS) is 16.6. The zero-order valence-corrected chi connectivity index (χ0v) is 24.2. The minimum absolute atomic E-state index is 0.0204. The number of nitrogens with one attached hydrogen (secondary N) is 4. The molecule has 244 valence electrons. The lowest BCUT2D eigenvalue weighted by Gasteiger charge is -2.30. The first-order valence-electron chi connectivity index (χ1n) is 14.3. The van der Waals surface area contributed by atoms with Gasteiger partial charge in [0.2, 0.25) is 0 Å². The van der Waals surface area contributed by atoms with E-state index in [1.54, 1.807) is 12.3 Å². The van der Waals surface area contributed by atoms with Gasteiger partial charge in [-0.15, -0.1) is 0 Å². The molecular formula is C29H29F5N8O4. The third-order valence-electron chi connectivity index (χ3n) is 7.04. The fourth-order valence-electron chi connectivity index (χ4n) is 4.97. The molecule has 0 aromatic carbocycles. The third-order valence-corrected chi connectivity index (χ3v) is 7.04. The van der Waals surface area contributed by atoms with Crippen LogP contribution in [0.3, 0.4) is 0 Å². The molecule has 17 heteroatoms. The second-order valence-corrected chi connectivity index (χ2v) is 10.5. The summed E-state index contributed by atoms with van der Waals surface area (Å²) in [7, 11) is 0. The van der Waals surface area contributed by atoms with Crippen LogP contribution < -0.4 is 16.0 Å². The summed E-state index contributed by atoms with van der Waals surface area (Å²) in [4.78, 5) is 44.2. The predicted molar refractivity (Wildman–Crippen MR) is 153 cm³/mol. The van der Waals surface area contributed by atoms with Crippen molar-refractivity contribution in [2.45, 2.75) is 50.6 Å². The minimum Gasteiger partial charge on any atom is -0.445 e. The van der Waals surface area contributed by atoms with Gasteiger partial charge in [-0.05, 0) is 49.4 Å². The van der Waals surface area contributed by atoms with Gasteiger partial charge in [-0.3, -0.25) is 9.78 Å². The summed E-state index contributed by atoms with van der Waals surface area (Å²) >= 11 is 0. The molecule has 5 rings (SSSR count). The third kappa shape index (κ3) is 8.83.